The number of aromatic nitrogens is 4. The first-order chi connectivity index (χ1) is 9.52. The summed E-state index contributed by atoms with van der Waals surface area (Å²) in [6.45, 7) is 7.49. The van der Waals surface area contributed by atoms with E-state index in [1.165, 1.54) is 5.56 Å². The molecule has 0 fully saturated rings. The Labute approximate surface area is 132 Å². The van der Waals surface area contributed by atoms with E-state index < -0.39 is 0 Å². The normalized spacial score (nSPS) is 11.6. The third kappa shape index (κ3) is 3.66. The molecule has 7 heteroatoms. The number of hydrogen-bond acceptors (Lipinski definition) is 5. The van der Waals surface area contributed by atoms with Crippen molar-refractivity contribution in [3.05, 3.63) is 30.1 Å². The zero-order chi connectivity index (χ0) is 14.6. The van der Waals surface area contributed by atoms with Gasteiger partial charge in [-0.1, -0.05) is 26.8 Å². The second kappa shape index (κ2) is 6.49. The van der Waals surface area contributed by atoms with E-state index in [0.717, 1.165) is 11.4 Å². The highest BCUT2D eigenvalue weighted by molar-refractivity contribution is 14.1. The van der Waals surface area contributed by atoms with Gasteiger partial charge in [0.1, 0.15) is 47.4 Å². The molecule has 0 amide bonds. The zero-order valence-electron chi connectivity index (χ0n) is 11.7. The first kappa shape index (κ1) is 15.2. The molecule has 2 aromatic rings. The van der Waals surface area contributed by atoms with Crippen LogP contribution in [0, 0.1) is 0 Å². The fourth-order valence-corrected chi connectivity index (χ4v) is 1.92. The SMILES string of the molecule is CC(C)(C)c1ccc(OCCOI)c(-n2cnnn2)c1. The minimum Gasteiger partial charge on any atom is -0.489 e. The summed E-state index contributed by atoms with van der Waals surface area (Å²) in [6.07, 6.45) is 1.56. The van der Waals surface area contributed by atoms with Crippen molar-refractivity contribution < 1.29 is 7.80 Å². The van der Waals surface area contributed by atoms with E-state index in [-0.39, 0.29) is 5.41 Å². The first-order valence-corrected chi connectivity index (χ1v) is 7.14. The van der Waals surface area contributed by atoms with E-state index >= 15 is 0 Å². The minimum atomic E-state index is 0.0482. The van der Waals surface area contributed by atoms with Crippen LogP contribution in [0.15, 0.2) is 24.5 Å². The lowest BCUT2D eigenvalue weighted by Gasteiger charge is -2.21. The molecular formula is C13H17IN4O2. The van der Waals surface area contributed by atoms with Crippen LogP contribution in [0.2, 0.25) is 0 Å². The predicted molar refractivity (Wildman–Crippen MR) is 83.3 cm³/mol. The maximum Gasteiger partial charge on any atom is 0.145 e. The van der Waals surface area contributed by atoms with Crippen molar-refractivity contribution >= 4 is 23.0 Å². The van der Waals surface area contributed by atoms with Crippen molar-refractivity contribution in [3.8, 4) is 11.4 Å². The summed E-state index contributed by atoms with van der Waals surface area (Å²) >= 11 is 1.85. The monoisotopic (exact) mass is 388 g/mol. The van der Waals surface area contributed by atoms with E-state index in [1.54, 1.807) is 11.0 Å². The van der Waals surface area contributed by atoms with Gasteiger partial charge in [-0.15, -0.1) is 5.10 Å². The van der Waals surface area contributed by atoms with Crippen LogP contribution < -0.4 is 4.74 Å². The third-order valence-corrected chi connectivity index (χ3v) is 3.28. The molecular weight excluding hydrogens is 371 g/mol. The number of halogens is 1. The molecule has 108 valence electrons. The summed E-state index contributed by atoms with van der Waals surface area (Å²) in [5.74, 6) is 0.735. The molecule has 1 heterocycles. The number of nitrogens with zero attached hydrogens (tertiary/aromatic N) is 4. The quantitative estimate of drug-likeness (QED) is 0.582. The number of rotatable bonds is 5. The van der Waals surface area contributed by atoms with Gasteiger partial charge in [-0.2, -0.15) is 4.68 Å². The fourth-order valence-electron chi connectivity index (χ4n) is 1.74. The topological polar surface area (TPSA) is 62.1 Å². The molecule has 0 saturated heterocycles. The average molecular weight is 388 g/mol. The first-order valence-electron chi connectivity index (χ1n) is 6.26. The molecule has 0 aliphatic carbocycles. The molecule has 1 aromatic heterocycles. The van der Waals surface area contributed by atoms with Crippen LogP contribution in [0.1, 0.15) is 26.3 Å². The number of tetrazole rings is 1. The summed E-state index contributed by atoms with van der Waals surface area (Å²) in [5.41, 5.74) is 2.07. The second-order valence-electron chi connectivity index (χ2n) is 5.35. The maximum absolute atomic E-state index is 5.72. The van der Waals surface area contributed by atoms with Crippen molar-refractivity contribution in [2.75, 3.05) is 13.2 Å². The van der Waals surface area contributed by atoms with E-state index in [4.69, 9.17) is 7.80 Å². The van der Waals surface area contributed by atoms with Crippen molar-refractivity contribution in [1.82, 2.24) is 20.2 Å². The average Bonchev–Trinajstić information content (AvgIpc) is 2.92. The molecule has 0 bridgehead atoms. The highest BCUT2D eigenvalue weighted by Crippen LogP contribution is 2.29. The Morgan fingerprint density at radius 3 is 2.65 bits per heavy atom. The van der Waals surface area contributed by atoms with Crippen LogP contribution in [-0.2, 0) is 8.48 Å². The lowest BCUT2D eigenvalue weighted by Crippen LogP contribution is -2.13. The Balaban J connectivity index is 2.36. The third-order valence-electron chi connectivity index (χ3n) is 2.84. The fraction of sp³-hybridized carbons (Fsp3) is 0.462. The predicted octanol–water partition coefficient (Wildman–Crippen LogP) is 2.71. The van der Waals surface area contributed by atoms with Gasteiger partial charge >= 0.3 is 0 Å². The van der Waals surface area contributed by atoms with Crippen LogP contribution in [0.4, 0.5) is 0 Å². The molecule has 6 nitrogen and oxygen atoms in total. The Kier molecular flexibility index (Phi) is 4.92. The molecule has 0 saturated carbocycles. The Hall–Kier alpha value is -1.22. The molecule has 0 aliphatic rings. The van der Waals surface area contributed by atoms with Crippen molar-refractivity contribution in [1.29, 1.82) is 0 Å². The van der Waals surface area contributed by atoms with Crippen LogP contribution in [-0.4, -0.2) is 33.4 Å². The lowest BCUT2D eigenvalue weighted by atomic mass is 9.87. The molecule has 2 rings (SSSR count). The van der Waals surface area contributed by atoms with Crippen molar-refractivity contribution in [2.45, 2.75) is 26.2 Å². The second-order valence-corrected chi connectivity index (χ2v) is 5.97. The van der Waals surface area contributed by atoms with E-state index in [9.17, 15) is 0 Å². The smallest absolute Gasteiger partial charge is 0.145 e. The molecule has 0 aliphatic heterocycles. The maximum atomic E-state index is 5.72. The number of hydrogen-bond donors (Lipinski definition) is 0. The van der Waals surface area contributed by atoms with Crippen molar-refractivity contribution in [2.24, 2.45) is 0 Å². The molecule has 1 aromatic carbocycles. The van der Waals surface area contributed by atoms with Gasteiger partial charge in [0.2, 0.25) is 0 Å². The summed E-state index contributed by atoms with van der Waals surface area (Å²) in [7, 11) is 0. The van der Waals surface area contributed by atoms with Gasteiger partial charge in [-0.3, -0.25) is 0 Å². The molecule has 0 atom stereocenters. The highest BCUT2D eigenvalue weighted by atomic mass is 127. The van der Waals surface area contributed by atoms with E-state index in [0.29, 0.717) is 13.2 Å². The number of ether oxygens (including phenoxy) is 1. The molecule has 0 spiro atoms. The summed E-state index contributed by atoms with van der Waals surface area (Å²) in [5, 5.41) is 11.3. The molecule has 0 unspecified atom stereocenters. The van der Waals surface area contributed by atoms with Crippen molar-refractivity contribution in [3.63, 3.8) is 0 Å². The van der Waals surface area contributed by atoms with Crippen LogP contribution in [0.5, 0.6) is 5.75 Å². The van der Waals surface area contributed by atoms with Crippen LogP contribution >= 0.6 is 23.0 Å². The van der Waals surface area contributed by atoms with Gasteiger partial charge in [0.15, 0.2) is 0 Å². The highest BCUT2D eigenvalue weighted by Gasteiger charge is 2.17. The summed E-state index contributed by atoms with van der Waals surface area (Å²) in [6, 6.07) is 6.06. The van der Waals surface area contributed by atoms with Gasteiger partial charge in [0.05, 0.1) is 6.61 Å². The number of benzene rings is 1. The summed E-state index contributed by atoms with van der Waals surface area (Å²) in [4.78, 5) is 0. The van der Waals surface area contributed by atoms with Gasteiger partial charge in [0, 0.05) is 0 Å². The summed E-state index contributed by atoms with van der Waals surface area (Å²) < 4.78 is 12.3. The standard InChI is InChI=1S/C13H17IN4O2/c1-13(2,3)10-4-5-12(19-6-7-20-14)11(8-10)18-9-15-16-17-18/h4-5,8-9H,6-7H2,1-3H3. The minimum absolute atomic E-state index is 0.0482. The lowest BCUT2D eigenvalue weighted by molar-refractivity contribution is 0.255. The Morgan fingerprint density at radius 1 is 1.25 bits per heavy atom. The van der Waals surface area contributed by atoms with E-state index in [1.807, 2.05) is 29.1 Å². The van der Waals surface area contributed by atoms with E-state index in [2.05, 4.69) is 48.4 Å². The molecule has 0 radical (unpaired) electrons. The van der Waals surface area contributed by atoms with Crippen LogP contribution in [0.3, 0.4) is 0 Å². The molecule has 0 N–H and O–H groups in total. The van der Waals surface area contributed by atoms with Crippen LogP contribution in [0.25, 0.3) is 5.69 Å². The van der Waals surface area contributed by atoms with Gasteiger partial charge in [0.25, 0.3) is 0 Å². The largest absolute Gasteiger partial charge is 0.489 e. The zero-order valence-corrected chi connectivity index (χ0v) is 13.9. The Morgan fingerprint density at radius 2 is 2.05 bits per heavy atom. The molecule has 20 heavy (non-hydrogen) atoms. The Bertz CT molecular complexity index is 552. The van der Waals surface area contributed by atoms with Gasteiger partial charge in [-0.25, -0.2) is 0 Å². The van der Waals surface area contributed by atoms with Gasteiger partial charge < -0.3 is 7.80 Å². The van der Waals surface area contributed by atoms with Gasteiger partial charge in [-0.05, 0) is 33.5 Å².